The van der Waals surface area contributed by atoms with Crippen molar-refractivity contribution in [2.45, 2.75) is 34.1 Å². The van der Waals surface area contributed by atoms with Crippen molar-refractivity contribution in [2.24, 2.45) is 0 Å². The highest BCUT2D eigenvalue weighted by atomic mass is 16.5. The second kappa shape index (κ2) is 11.7. The zero-order chi connectivity index (χ0) is 13.6. The summed E-state index contributed by atoms with van der Waals surface area (Å²) in [6.07, 6.45) is 2.34. The van der Waals surface area contributed by atoms with E-state index in [1.165, 1.54) is 0 Å². The average Bonchev–Trinajstić information content (AvgIpc) is 2.98. The molecule has 18 heavy (non-hydrogen) atoms. The first-order valence-corrected chi connectivity index (χ1v) is 6.52. The Kier molecular flexibility index (Phi) is 10.6. The van der Waals surface area contributed by atoms with Crippen molar-refractivity contribution in [2.75, 3.05) is 6.61 Å². The maximum absolute atomic E-state index is 5.50. The first kappa shape index (κ1) is 16.2. The minimum absolute atomic E-state index is 0.622. The van der Waals surface area contributed by atoms with Gasteiger partial charge in [0.2, 0.25) is 0 Å². The molecule has 0 unspecified atom stereocenters. The lowest BCUT2D eigenvalue weighted by atomic mass is 10.3. The highest BCUT2D eigenvalue weighted by molar-refractivity contribution is 5.20. The summed E-state index contributed by atoms with van der Waals surface area (Å²) in [5, 5.41) is 3.79. The third-order valence-corrected chi connectivity index (χ3v) is 1.86. The molecule has 0 aliphatic heterocycles. The molecule has 0 amide bonds. The first-order valence-electron chi connectivity index (χ1n) is 6.52. The van der Waals surface area contributed by atoms with Gasteiger partial charge in [-0.15, -0.1) is 0 Å². The number of benzene rings is 1. The minimum Gasteiger partial charge on any atom is -0.493 e. The molecule has 0 bridgehead atoms. The fraction of sp³-hybridized carbons (Fsp3) is 0.400. The van der Waals surface area contributed by atoms with Gasteiger partial charge >= 0.3 is 0 Å². The van der Waals surface area contributed by atoms with Crippen LogP contribution in [-0.4, -0.2) is 11.8 Å². The van der Waals surface area contributed by atoms with Gasteiger partial charge in [0.15, 0.2) is 0 Å². The van der Waals surface area contributed by atoms with Crippen molar-refractivity contribution in [1.82, 2.24) is 5.16 Å². The van der Waals surface area contributed by atoms with E-state index in [1.54, 1.807) is 6.26 Å². The van der Waals surface area contributed by atoms with E-state index in [-0.39, 0.29) is 0 Å². The Labute approximate surface area is 110 Å². The Morgan fingerprint density at radius 1 is 1.00 bits per heavy atom. The van der Waals surface area contributed by atoms with Gasteiger partial charge < -0.3 is 9.26 Å². The SMILES string of the molecule is CC.CC.c1ccc(OCCc2ccon2)cc1. The summed E-state index contributed by atoms with van der Waals surface area (Å²) in [4.78, 5) is 0. The Balaban J connectivity index is 0.000000659. The van der Waals surface area contributed by atoms with E-state index < -0.39 is 0 Å². The van der Waals surface area contributed by atoms with Gasteiger partial charge in [-0.1, -0.05) is 51.1 Å². The van der Waals surface area contributed by atoms with Crippen LogP contribution in [0.5, 0.6) is 5.75 Å². The summed E-state index contributed by atoms with van der Waals surface area (Å²) < 4.78 is 10.2. The number of ether oxygens (including phenoxy) is 1. The molecule has 1 aromatic heterocycles. The number of aromatic nitrogens is 1. The smallest absolute Gasteiger partial charge is 0.124 e. The van der Waals surface area contributed by atoms with Crippen LogP contribution in [0.4, 0.5) is 0 Å². The molecule has 2 rings (SSSR count). The largest absolute Gasteiger partial charge is 0.493 e. The fourth-order valence-electron chi connectivity index (χ4n) is 1.16. The molecule has 3 heteroatoms. The lowest BCUT2D eigenvalue weighted by molar-refractivity contribution is 0.315. The molecule has 0 spiro atoms. The van der Waals surface area contributed by atoms with Crippen LogP contribution in [0.15, 0.2) is 47.2 Å². The topological polar surface area (TPSA) is 35.3 Å². The van der Waals surface area contributed by atoms with E-state index in [0.29, 0.717) is 6.61 Å². The molecule has 0 fully saturated rings. The van der Waals surface area contributed by atoms with Crippen molar-refractivity contribution in [1.29, 1.82) is 0 Å². The normalized spacial score (nSPS) is 8.44. The molecular weight excluding hydrogens is 226 g/mol. The van der Waals surface area contributed by atoms with Crippen molar-refractivity contribution in [3.05, 3.63) is 48.4 Å². The van der Waals surface area contributed by atoms with Crippen LogP contribution in [0.25, 0.3) is 0 Å². The second-order valence-corrected chi connectivity index (χ2v) is 2.90. The van der Waals surface area contributed by atoms with Gasteiger partial charge in [-0.25, -0.2) is 0 Å². The number of para-hydroxylation sites is 1. The van der Waals surface area contributed by atoms with E-state index in [0.717, 1.165) is 17.9 Å². The monoisotopic (exact) mass is 249 g/mol. The third kappa shape index (κ3) is 6.74. The zero-order valence-electron chi connectivity index (χ0n) is 11.7. The Bertz CT molecular complexity index is 357. The van der Waals surface area contributed by atoms with Gasteiger partial charge in [-0.2, -0.15) is 0 Å². The average molecular weight is 249 g/mol. The maximum atomic E-state index is 5.50. The molecule has 0 saturated carbocycles. The van der Waals surface area contributed by atoms with Gasteiger partial charge in [0, 0.05) is 12.5 Å². The Morgan fingerprint density at radius 3 is 2.22 bits per heavy atom. The van der Waals surface area contributed by atoms with Crippen LogP contribution >= 0.6 is 0 Å². The molecular formula is C15H23NO2. The summed E-state index contributed by atoms with van der Waals surface area (Å²) in [6.45, 7) is 8.62. The minimum atomic E-state index is 0.622. The number of rotatable bonds is 4. The summed E-state index contributed by atoms with van der Waals surface area (Å²) in [5.74, 6) is 0.885. The van der Waals surface area contributed by atoms with Gasteiger partial charge in [0.25, 0.3) is 0 Å². The summed E-state index contributed by atoms with van der Waals surface area (Å²) in [6, 6.07) is 11.6. The van der Waals surface area contributed by atoms with Crippen LogP contribution < -0.4 is 4.74 Å². The molecule has 0 N–H and O–H groups in total. The number of nitrogens with zero attached hydrogens (tertiary/aromatic N) is 1. The van der Waals surface area contributed by atoms with Crippen LogP contribution in [0.1, 0.15) is 33.4 Å². The van der Waals surface area contributed by atoms with E-state index in [9.17, 15) is 0 Å². The first-order chi connectivity index (χ1) is 8.95. The summed E-state index contributed by atoms with van der Waals surface area (Å²) >= 11 is 0. The predicted octanol–water partition coefficient (Wildman–Crippen LogP) is 4.35. The second-order valence-electron chi connectivity index (χ2n) is 2.90. The number of hydrogen-bond donors (Lipinski definition) is 0. The summed E-state index contributed by atoms with van der Waals surface area (Å²) in [5.41, 5.74) is 0.918. The van der Waals surface area contributed by atoms with E-state index in [1.807, 2.05) is 64.1 Å². The molecule has 1 heterocycles. The van der Waals surface area contributed by atoms with Gasteiger partial charge in [-0.05, 0) is 12.1 Å². The summed E-state index contributed by atoms with van der Waals surface area (Å²) in [7, 11) is 0. The van der Waals surface area contributed by atoms with E-state index >= 15 is 0 Å². The van der Waals surface area contributed by atoms with Crippen molar-refractivity contribution >= 4 is 0 Å². The van der Waals surface area contributed by atoms with Crippen LogP contribution in [0.2, 0.25) is 0 Å². The Morgan fingerprint density at radius 2 is 1.67 bits per heavy atom. The number of hydrogen-bond acceptors (Lipinski definition) is 3. The fourth-order valence-corrected chi connectivity index (χ4v) is 1.16. The van der Waals surface area contributed by atoms with Crippen molar-refractivity contribution in [3.63, 3.8) is 0 Å². The lowest BCUT2D eigenvalue weighted by Gasteiger charge is -2.03. The quantitative estimate of drug-likeness (QED) is 0.808. The highest BCUT2D eigenvalue weighted by Crippen LogP contribution is 2.08. The standard InChI is InChI=1S/C11H11NO2.2C2H6/c1-2-4-11(5-3-1)13-8-6-10-7-9-14-12-10;2*1-2/h1-5,7,9H,6,8H2;2*1-2H3. The van der Waals surface area contributed by atoms with Crippen molar-refractivity contribution in [3.8, 4) is 5.75 Å². The van der Waals surface area contributed by atoms with Gasteiger partial charge in [0.05, 0.1) is 12.3 Å². The van der Waals surface area contributed by atoms with Crippen molar-refractivity contribution < 1.29 is 9.26 Å². The third-order valence-electron chi connectivity index (χ3n) is 1.86. The maximum Gasteiger partial charge on any atom is 0.124 e. The molecule has 0 aliphatic rings. The molecule has 0 aliphatic carbocycles. The zero-order valence-corrected chi connectivity index (χ0v) is 11.7. The van der Waals surface area contributed by atoms with Crippen LogP contribution in [0, 0.1) is 0 Å². The van der Waals surface area contributed by atoms with Crippen LogP contribution in [-0.2, 0) is 6.42 Å². The highest BCUT2D eigenvalue weighted by Gasteiger charge is 1.96. The molecule has 0 radical (unpaired) electrons. The molecule has 0 atom stereocenters. The molecule has 3 nitrogen and oxygen atoms in total. The van der Waals surface area contributed by atoms with Crippen LogP contribution in [0.3, 0.4) is 0 Å². The van der Waals surface area contributed by atoms with Gasteiger partial charge in [-0.3, -0.25) is 0 Å². The van der Waals surface area contributed by atoms with E-state index in [4.69, 9.17) is 9.26 Å². The Hall–Kier alpha value is -1.77. The van der Waals surface area contributed by atoms with Gasteiger partial charge in [0.1, 0.15) is 12.0 Å². The molecule has 1 aromatic carbocycles. The lowest BCUT2D eigenvalue weighted by Crippen LogP contribution is -2.01. The van der Waals surface area contributed by atoms with E-state index in [2.05, 4.69) is 5.16 Å². The molecule has 2 aromatic rings. The molecule has 100 valence electrons. The molecule has 0 saturated heterocycles. The predicted molar refractivity (Wildman–Crippen MR) is 74.8 cm³/mol.